The molecule has 1 atom stereocenters. The van der Waals surface area contributed by atoms with Gasteiger partial charge in [0.1, 0.15) is 5.75 Å². The smallest absolute Gasteiger partial charge is 0.241 e. The van der Waals surface area contributed by atoms with Gasteiger partial charge >= 0.3 is 0 Å². The van der Waals surface area contributed by atoms with E-state index in [9.17, 15) is 4.79 Å². The van der Waals surface area contributed by atoms with Crippen LogP contribution in [0.2, 0.25) is 0 Å². The van der Waals surface area contributed by atoms with Gasteiger partial charge in [0, 0.05) is 13.1 Å². The molecule has 0 bridgehead atoms. The van der Waals surface area contributed by atoms with E-state index in [1.54, 1.807) is 0 Å². The molecule has 5 nitrogen and oxygen atoms in total. The lowest BCUT2D eigenvalue weighted by molar-refractivity contribution is -0.122. The molecule has 1 aromatic carbocycles. The summed E-state index contributed by atoms with van der Waals surface area (Å²) < 4.78 is 10.8. The molecule has 0 spiro atoms. The number of nitrogens with one attached hydrogen (secondary N) is 1. The first-order chi connectivity index (χ1) is 9.72. The number of rotatable bonds is 5. The van der Waals surface area contributed by atoms with Crippen LogP contribution in [0.25, 0.3) is 0 Å². The second kappa shape index (κ2) is 7.26. The first-order valence-corrected chi connectivity index (χ1v) is 7.07. The molecule has 0 saturated carbocycles. The van der Waals surface area contributed by atoms with E-state index in [1.807, 2.05) is 38.1 Å². The lowest BCUT2D eigenvalue weighted by Crippen LogP contribution is -2.47. The number of morpholine rings is 1. The molecule has 1 fully saturated rings. The fraction of sp³-hybridized carbons (Fsp3) is 0.533. The molecule has 1 aliphatic rings. The summed E-state index contributed by atoms with van der Waals surface area (Å²) in [5, 5.41) is 2.95. The molecule has 1 heterocycles. The van der Waals surface area contributed by atoms with Crippen LogP contribution < -0.4 is 10.1 Å². The third kappa shape index (κ3) is 3.71. The van der Waals surface area contributed by atoms with Crippen LogP contribution in [0.15, 0.2) is 24.3 Å². The summed E-state index contributed by atoms with van der Waals surface area (Å²) in [6.45, 7) is 7.38. The van der Waals surface area contributed by atoms with Crippen molar-refractivity contribution in [3.63, 3.8) is 0 Å². The van der Waals surface area contributed by atoms with E-state index >= 15 is 0 Å². The van der Waals surface area contributed by atoms with Gasteiger partial charge in [0.05, 0.1) is 31.5 Å². The van der Waals surface area contributed by atoms with E-state index in [0.717, 1.165) is 18.8 Å². The minimum atomic E-state index is -0.173. The van der Waals surface area contributed by atoms with Gasteiger partial charge in [-0.2, -0.15) is 0 Å². The van der Waals surface area contributed by atoms with Crippen LogP contribution in [0, 0.1) is 0 Å². The minimum absolute atomic E-state index is 0.0148. The third-order valence-electron chi connectivity index (χ3n) is 3.42. The lowest BCUT2D eigenvalue weighted by atomic mass is 10.2. The predicted molar refractivity (Wildman–Crippen MR) is 78.1 cm³/mol. The number of para-hydroxylation sites is 2. The van der Waals surface area contributed by atoms with Crippen LogP contribution in [-0.4, -0.2) is 49.8 Å². The highest BCUT2D eigenvalue weighted by atomic mass is 16.5. The van der Waals surface area contributed by atoms with Gasteiger partial charge in [0.15, 0.2) is 0 Å². The summed E-state index contributed by atoms with van der Waals surface area (Å²) in [6, 6.07) is 7.32. The number of hydrogen-bond donors (Lipinski definition) is 1. The van der Waals surface area contributed by atoms with Gasteiger partial charge in [-0.15, -0.1) is 0 Å². The Labute approximate surface area is 119 Å². The standard InChI is InChI=1S/C15H22N2O3/c1-3-20-14-7-5-4-6-13(14)16-15(18)12(2)17-8-10-19-11-9-17/h4-7,12H,3,8-11H2,1-2H3,(H,16,18). The van der Waals surface area contributed by atoms with Gasteiger partial charge in [-0.1, -0.05) is 12.1 Å². The van der Waals surface area contributed by atoms with Crippen molar-refractivity contribution < 1.29 is 14.3 Å². The van der Waals surface area contributed by atoms with Crippen molar-refractivity contribution >= 4 is 11.6 Å². The molecule has 5 heteroatoms. The largest absolute Gasteiger partial charge is 0.492 e. The Bertz CT molecular complexity index is 444. The maximum absolute atomic E-state index is 12.3. The molecule has 1 saturated heterocycles. The maximum atomic E-state index is 12.3. The quantitative estimate of drug-likeness (QED) is 0.891. The average molecular weight is 278 g/mol. The normalized spacial score (nSPS) is 17.5. The summed E-state index contributed by atoms with van der Waals surface area (Å²) in [7, 11) is 0. The second-order valence-electron chi connectivity index (χ2n) is 4.74. The van der Waals surface area contributed by atoms with E-state index in [1.165, 1.54) is 0 Å². The number of hydrogen-bond acceptors (Lipinski definition) is 4. The number of carbonyl (C=O) groups excluding carboxylic acids is 1. The molecule has 1 aromatic rings. The van der Waals surface area contributed by atoms with Gasteiger partial charge < -0.3 is 14.8 Å². The van der Waals surface area contributed by atoms with Crippen molar-refractivity contribution in [1.82, 2.24) is 4.90 Å². The fourth-order valence-corrected chi connectivity index (χ4v) is 2.22. The molecule has 0 aromatic heterocycles. The van der Waals surface area contributed by atoms with Gasteiger partial charge in [-0.25, -0.2) is 0 Å². The number of benzene rings is 1. The van der Waals surface area contributed by atoms with Crippen molar-refractivity contribution in [3.05, 3.63) is 24.3 Å². The Morgan fingerprint density at radius 2 is 2.10 bits per heavy atom. The van der Waals surface area contributed by atoms with Crippen molar-refractivity contribution in [1.29, 1.82) is 0 Å². The number of carbonyl (C=O) groups is 1. The molecule has 1 unspecified atom stereocenters. The zero-order valence-corrected chi connectivity index (χ0v) is 12.1. The molecule has 0 aliphatic carbocycles. The molecule has 20 heavy (non-hydrogen) atoms. The van der Waals surface area contributed by atoms with E-state index in [0.29, 0.717) is 25.6 Å². The highest BCUT2D eigenvalue weighted by molar-refractivity contribution is 5.95. The molecular weight excluding hydrogens is 256 g/mol. The summed E-state index contributed by atoms with van der Waals surface area (Å²) in [5.41, 5.74) is 0.722. The van der Waals surface area contributed by atoms with Crippen LogP contribution in [0.4, 0.5) is 5.69 Å². The van der Waals surface area contributed by atoms with E-state index in [2.05, 4.69) is 10.2 Å². The highest BCUT2D eigenvalue weighted by Crippen LogP contribution is 2.24. The van der Waals surface area contributed by atoms with Crippen molar-refractivity contribution in [3.8, 4) is 5.75 Å². The Hall–Kier alpha value is -1.59. The van der Waals surface area contributed by atoms with E-state index in [-0.39, 0.29) is 11.9 Å². The zero-order chi connectivity index (χ0) is 14.4. The predicted octanol–water partition coefficient (Wildman–Crippen LogP) is 1.74. The van der Waals surface area contributed by atoms with Crippen LogP contribution in [0.3, 0.4) is 0 Å². The van der Waals surface area contributed by atoms with Crippen molar-refractivity contribution in [2.24, 2.45) is 0 Å². The highest BCUT2D eigenvalue weighted by Gasteiger charge is 2.23. The number of amides is 1. The van der Waals surface area contributed by atoms with Crippen LogP contribution >= 0.6 is 0 Å². The fourth-order valence-electron chi connectivity index (χ4n) is 2.22. The lowest BCUT2D eigenvalue weighted by Gasteiger charge is -2.31. The number of anilines is 1. The maximum Gasteiger partial charge on any atom is 0.241 e. The van der Waals surface area contributed by atoms with Crippen molar-refractivity contribution in [2.45, 2.75) is 19.9 Å². The van der Waals surface area contributed by atoms with E-state index < -0.39 is 0 Å². The van der Waals surface area contributed by atoms with Gasteiger partial charge in [0.25, 0.3) is 0 Å². The summed E-state index contributed by atoms with van der Waals surface area (Å²) >= 11 is 0. The Morgan fingerprint density at radius 3 is 2.80 bits per heavy atom. The first-order valence-electron chi connectivity index (χ1n) is 7.07. The van der Waals surface area contributed by atoms with Gasteiger partial charge in [-0.05, 0) is 26.0 Å². The zero-order valence-electron chi connectivity index (χ0n) is 12.1. The number of nitrogens with zero attached hydrogens (tertiary/aromatic N) is 1. The van der Waals surface area contributed by atoms with E-state index in [4.69, 9.17) is 9.47 Å². The topological polar surface area (TPSA) is 50.8 Å². The summed E-state index contributed by atoms with van der Waals surface area (Å²) in [4.78, 5) is 14.4. The number of ether oxygens (including phenoxy) is 2. The van der Waals surface area contributed by atoms with Crippen LogP contribution in [0.5, 0.6) is 5.75 Å². The summed E-state index contributed by atoms with van der Waals surface area (Å²) in [5.74, 6) is 0.691. The van der Waals surface area contributed by atoms with Crippen molar-refractivity contribution in [2.75, 3.05) is 38.2 Å². The van der Waals surface area contributed by atoms with Gasteiger partial charge in [0.2, 0.25) is 5.91 Å². The second-order valence-corrected chi connectivity index (χ2v) is 4.74. The Balaban J connectivity index is 1.99. The first kappa shape index (κ1) is 14.8. The monoisotopic (exact) mass is 278 g/mol. The third-order valence-corrected chi connectivity index (χ3v) is 3.42. The molecule has 0 radical (unpaired) electrons. The summed E-state index contributed by atoms with van der Waals surface area (Å²) in [6.07, 6.45) is 0. The average Bonchev–Trinajstić information content (AvgIpc) is 2.49. The van der Waals surface area contributed by atoms with Crippen LogP contribution in [-0.2, 0) is 9.53 Å². The molecule has 110 valence electrons. The molecular formula is C15H22N2O3. The minimum Gasteiger partial charge on any atom is -0.492 e. The Morgan fingerprint density at radius 1 is 1.40 bits per heavy atom. The molecule has 1 aliphatic heterocycles. The molecule has 1 N–H and O–H groups in total. The SMILES string of the molecule is CCOc1ccccc1NC(=O)C(C)N1CCOCC1. The van der Waals surface area contributed by atoms with Gasteiger partial charge in [-0.3, -0.25) is 9.69 Å². The molecule has 2 rings (SSSR count). The molecule has 1 amide bonds. The van der Waals surface area contributed by atoms with Crippen LogP contribution in [0.1, 0.15) is 13.8 Å². The Kier molecular flexibility index (Phi) is 5.38.